The Kier molecular flexibility index (Phi) is 5.26. The lowest BCUT2D eigenvalue weighted by molar-refractivity contribution is 0.0290. The first-order valence-corrected chi connectivity index (χ1v) is 8.68. The Hall–Kier alpha value is -1.09. The van der Waals surface area contributed by atoms with E-state index in [2.05, 4.69) is 4.98 Å². The molecule has 2 rings (SSSR count). The molecule has 0 amide bonds. The van der Waals surface area contributed by atoms with Crippen molar-refractivity contribution in [2.75, 3.05) is 19.7 Å². The van der Waals surface area contributed by atoms with Crippen LogP contribution in [0.3, 0.4) is 0 Å². The average molecular weight is 329 g/mol. The van der Waals surface area contributed by atoms with Gasteiger partial charge in [-0.1, -0.05) is 12.2 Å². The van der Waals surface area contributed by atoms with Crippen LogP contribution in [0.5, 0.6) is 0 Å². The normalized spacial score (nSPS) is 17.8. The highest BCUT2D eigenvalue weighted by Gasteiger charge is 2.31. The van der Waals surface area contributed by atoms with Crippen LogP contribution in [0, 0.1) is 0 Å². The molecule has 21 heavy (non-hydrogen) atoms. The average Bonchev–Trinajstić information content (AvgIpc) is 2.48. The predicted molar refractivity (Wildman–Crippen MR) is 83.5 cm³/mol. The molecule has 116 valence electrons. The highest BCUT2D eigenvalue weighted by molar-refractivity contribution is 7.89. The van der Waals surface area contributed by atoms with Gasteiger partial charge in [0.15, 0.2) is 0 Å². The minimum absolute atomic E-state index is 0.0154. The van der Waals surface area contributed by atoms with Crippen molar-refractivity contribution < 1.29 is 13.2 Å². The van der Waals surface area contributed by atoms with Crippen LogP contribution >= 0.6 is 12.2 Å². The van der Waals surface area contributed by atoms with Gasteiger partial charge in [-0.2, -0.15) is 4.31 Å². The fraction of sp³-hybridized carbons (Fsp3) is 0.538. The van der Waals surface area contributed by atoms with E-state index in [1.54, 1.807) is 6.07 Å². The van der Waals surface area contributed by atoms with Gasteiger partial charge in [0.25, 0.3) is 0 Å². The minimum atomic E-state index is -3.63. The zero-order valence-electron chi connectivity index (χ0n) is 11.9. The highest BCUT2D eigenvalue weighted by Crippen LogP contribution is 2.23. The topological polar surface area (TPSA) is 85.5 Å². The van der Waals surface area contributed by atoms with Crippen molar-refractivity contribution in [3.63, 3.8) is 0 Å². The van der Waals surface area contributed by atoms with E-state index in [0.717, 1.165) is 0 Å². The molecule has 1 aliphatic rings. The lowest BCUT2D eigenvalue weighted by Crippen LogP contribution is -2.41. The lowest BCUT2D eigenvalue weighted by atomic mass is 10.1. The Morgan fingerprint density at radius 1 is 1.52 bits per heavy atom. The van der Waals surface area contributed by atoms with Gasteiger partial charge in [0.05, 0.1) is 6.10 Å². The van der Waals surface area contributed by atoms with E-state index < -0.39 is 10.0 Å². The third-order valence-corrected chi connectivity index (χ3v) is 5.55. The van der Waals surface area contributed by atoms with Crippen LogP contribution in [0.2, 0.25) is 0 Å². The molecule has 8 heteroatoms. The summed E-state index contributed by atoms with van der Waals surface area (Å²) < 4.78 is 32.4. The van der Waals surface area contributed by atoms with Gasteiger partial charge in [0, 0.05) is 25.9 Å². The molecule has 6 nitrogen and oxygen atoms in total. The van der Waals surface area contributed by atoms with Crippen molar-refractivity contribution in [3.05, 3.63) is 24.0 Å². The maximum Gasteiger partial charge on any atom is 0.245 e. The second kappa shape index (κ2) is 6.78. The molecule has 1 saturated heterocycles. The maximum atomic E-state index is 12.7. The molecule has 2 N–H and O–H groups in total. The van der Waals surface area contributed by atoms with Crippen molar-refractivity contribution in [2.45, 2.75) is 30.8 Å². The lowest BCUT2D eigenvalue weighted by Gasteiger charge is -2.31. The van der Waals surface area contributed by atoms with Crippen LogP contribution in [-0.2, 0) is 14.8 Å². The number of nitrogens with two attached hydrogens (primary N) is 1. The minimum Gasteiger partial charge on any atom is -0.388 e. The van der Waals surface area contributed by atoms with Gasteiger partial charge in [-0.05, 0) is 31.9 Å². The number of aromatic nitrogens is 1. The summed E-state index contributed by atoms with van der Waals surface area (Å²) in [5, 5.41) is 0. The summed E-state index contributed by atoms with van der Waals surface area (Å²) in [6.07, 6.45) is 2.99. The molecule has 0 atom stereocenters. The molecule has 1 aromatic heterocycles. The molecule has 1 aromatic rings. The quantitative estimate of drug-likeness (QED) is 0.808. The van der Waals surface area contributed by atoms with E-state index in [9.17, 15) is 8.42 Å². The van der Waals surface area contributed by atoms with Crippen molar-refractivity contribution in [1.29, 1.82) is 0 Å². The number of pyridine rings is 1. The second-order valence-corrected chi connectivity index (χ2v) is 7.12. The van der Waals surface area contributed by atoms with Crippen LogP contribution < -0.4 is 5.73 Å². The monoisotopic (exact) mass is 329 g/mol. The Bertz CT molecular complexity index is 611. The highest BCUT2D eigenvalue weighted by atomic mass is 32.2. The number of ether oxygens (including phenoxy) is 1. The third kappa shape index (κ3) is 3.57. The Morgan fingerprint density at radius 3 is 2.76 bits per heavy atom. The summed E-state index contributed by atoms with van der Waals surface area (Å²) in [7, 11) is -3.63. The van der Waals surface area contributed by atoms with Crippen LogP contribution in [0.4, 0.5) is 0 Å². The van der Waals surface area contributed by atoms with Gasteiger partial charge >= 0.3 is 0 Å². The number of nitrogens with zero attached hydrogens (tertiary/aromatic N) is 2. The van der Waals surface area contributed by atoms with Gasteiger partial charge in [-0.15, -0.1) is 0 Å². The molecule has 1 aliphatic heterocycles. The first kappa shape index (κ1) is 16.3. The number of thiocarbonyl (C=S) groups is 1. The largest absolute Gasteiger partial charge is 0.388 e. The molecular formula is C13H19N3O3S2. The van der Waals surface area contributed by atoms with E-state index >= 15 is 0 Å². The first-order chi connectivity index (χ1) is 9.96. The zero-order valence-corrected chi connectivity index (χ0v) is 13.5. The van der Waals surface area contributed by atoms with Crippen molar-refractivity contribution in [1.82, 2.24) is 9.29 Å². The standard InChI is InChI=1S/C13H19N3O3S2/c1-2-19-10-5-8-16(9-6-10)21(17,18)11-4-3-7-15-12(11)13(14)20/h3-4,7,10H,2,5-6,8-9H2,1H3,(H2,14,20). The number of piperidine rings is 1. The van der Waals surface area contributed by atoms with Gasteiger partial charge in [0.2, 0.25) is 10.0 Å². The van der Waals surface area contributed by atoms with Gasteiger partial charge < -0.3 is 10.5 Å². The summed E-state index contributed by atoms with van der Waals surface area (Å²) in [4.78, 5) is 4.05. The molecule has 0 saturated carbocycles. The Labute approximate surface area is 130 Å². The molecular weight excluding hydrogens is 310 g/mol. The molecule has 2 heterocycles. The van der Waals surface area contributed by atoms with E-state index in [0.29, 0.717) is 32.5 Å². The summed E-state index contributed by atoms with van der Waals surface area (Å²) >= 11 is 4.89. The fourth-order valence-electron chi connectivity index (χ4n) is 2.40. The maximum absolute atomic E-state index is 12.7. The number of sulfonamides is 1. The molecule has 0 radical (unpaired) electrons. The number of hydrogen-bond acceptors (Lipinski definition) is 5. The fourth-order valence-corrected chi connectivity index (χ4v) is 4.25. The first-order valence-electron chi connectivity index (χ1n) is 6.83. The van der Waals surface area contributed by atoms with Crippen LogP contribution in [0.1, 0.15) is 25.5 Å². The third-order valence-electron chi connectivity index (χ3n) is 3.43. The molecule has 0 aliphatic carbocycles. The van der Waals surface area contributed by atoms with Crippen molar-refractivity contribution in [2.24, 2.45) is 5.73 Å². The zero-order chi connectivity index (χ0) is 15.5. The Morgan fingerprint density at radius 2 is 2.19 bits per heavy atom. The summed E-state index contributed by atoms with van der Waals surface area (Å²) in [6, 6.07) is 3.06. The van der Waals surface area contributed by atoms with Gasteiger partial charge in [0.1, 0.15) is 15.6 Å². The van der Waals surface area contributed by atoms with Gasteiger partial charge in [-0.25, -0.2) is 8.42 Å². The smallest absolute Gasteiger partial charge is 0.245 e. The predicted octanol–water partition coefficient (Wildman–Crippen LogP) is 0.905. The van der Waals surface area contributed by atoms with Crippen molar-refractivity contribution >= 4 is 27.2 Å². The molecule has 0 spiro atoms. The van der Waals surface area contributed by atoms with Gasteiger partial charge in [-0.3, -0.25) is 4.98 Å². The SMILES string of the molecule is CCOC1CCN(S(=O)(=O)c2cccnc2C(N)=S)CC1. The number of hydrogen-bond donors (Lipinski definition) is 1. The molecule has 0 aromatic carbocycles. The van der Waals surface area contributed by atoms with Crippen LogP contribution in [-0.4, -0.2) is 48.5 Å². The number of rotatable bonds is 5. The Balaban J connectivity index is 2.22. The van der Waals surface area contributed by atoms with E-state index in [4.69, 9.17) is 22.7 Å². The van der Waals surface area contributed by atoms with E-state index in [1.807, 2.05) is 6.92 Å². The molecule has 0 unspecified atom stereocenters. The summed E-state index contributed by atoms with van der Waals surface area (Å²) in [6.45, 7) is 3.44. The second-order valence-electron chi connectivity index (χ2n) is 4.77. The van der Waals surface area contributed by atoms with E-state index in [1.165, 1.54) is 16.6 Å². The van der Waals surface area contributed by atoms with Crippen LogP contribution in [0.15, 0.2) is 23.2 Å². The molecule has 0 bridgehead atoms. The molecule has 1 fully saturated rings. The van der Waals surface area contributed by atoms with E-state index in [-0.39, 0.29) is 21.7 Å². The van der Waals surface area contributed by atoms with Crippen LogP contribution in [0.25, 0.3) is 0 Å². The summed E-state index contributed by atoms with van der Waals surface area (Å²) in [5.74, 6) is 0. The summed E-state index contributed by atoms with van der Waals surface area (Å²) in [5.41, 5.74) is 5.72. The van der Waals surface area contributed by atoms with Crippen molar-refractivity contribution in [3.8, 4) is 0 Å².